The van der Waals surface area contributed by atoms with Crippen LogP contribution in [0.4, 0.5) is 0 Å². The molecule has 2 rings (SSSR count). The Morgan fingerprint density at radius 1 is 1.28 bits per heavy atom. The number of carbonyl (C=O) groups excluding carboxylic acids is 1. The Bertz CT molecular complexity index is 459. The van der Waals surface area contributed by atoms with Gasteiger partial charge in [-0.3, -0.25) is 4.79 Å². The van der Waals surface area contributed by atoms with E-state index in [4.69, 9.17) is 14.6 Å². The van der Waals surface area contributed by atoms with Gasteiger partial charge in [0.25, 0.3) is 5.91 Å². The zero-order valence-corrected chi connectivity index (χ0v) is 10.6. The van der Waals surface area contributed by atoms with E-state index in [2.05, 4.69) is 0 Å². The van der Waals surface area contributed by atoms with Crippen molar-refractivity contribution >= 4 is 5.91 Å². The van der Waals surface area contributed by atoms with E-state index in [1.54, 1.807) is 25.2 Å². The fourth-order valence-corrected chi connectivity index (χ4v) is 2.29. The van der Waals surface area contributed by atoms with Gasteiger partial charge in [-0.15, -0.1) is 0 Å². The monoisotopic (exact) mass is 251 g/mol. The van der Waals surface area contributed by atoms with Crippen LogP contribution in [0, 0.1) is 0 Å². The summed E-state index contributed by atoms with van der Waals surface area (Å²) >= 11 is 0. The van der Waals surface area contributed by atoms with Crippen molar-refractivity contribution in [2.75, 3.05) is 33.9 Å². The summed E-state index contributed by atoms with van der Waals surface area (Å²) in [5.74, 6) is 1.15. The first kappa shape index (κ1) is 12.7. The van der Waals surface area contributed by atoms with Gasteiger partial charge in [-0.05, 0) is 18.6 Å². The maximum Gasteiger partial charge on any atom is 0.258 e. The topological polar surface area (TPSA) is 59.0 Å². The largest absolute Gasteiger partial charge is 0.496 e. The first-order valence-electron chi connectivity index (χ1n) is 5.87. The van der Waals surface area contributed by atoms with Crippen molar-refractivity contribution in [3.8, 4) is 11.5 Å². The summed E-state index contributed by atoms with van der Waals surface area (Å²) in [6.45, 7) is 0.905. The molecule has 0 aliphatic carbocycles. The summed E-state index contributed by atoms with van der Waals surface area (Å²) in [6, 6.07) is 3.55. The van der Waals surface area contributed by atoms with Crippen molar-refractivity contribution in [2.24, 2.45) is 0 Å². The number of benzene rings is 1. The first-order chi connectivity index (χ1) is 8.72. The molecule has 0 saturated heterocycles. The second kappa shape index (κ2) is 5.27. The number of rotatable bonds is 4. The molecule has 0 saturated carbocycles. The third-order valence-electron chi connectivity index (χ3n) is 3.17. The number of hydrogen-bond donors (Lipinski definition) is 1. The maximum absolute atomic E-state index is 12.3. The standard InChI is InChI=1S/C13H17NO4/c1-17-10-3-4-11(18-2)12-9(10)5-6-14(7-8-15)13(12)16/h3-4,15H,5-8H2,1-2H3. The number of nitrogens with zero attached hydrogens (tertiary/aromatic N) is 1. The van der Waals surface area contributed by atoms with Crippen LogP contribution in [-0.4, -0.2) is 49.8 Å². The molecule has 5 heteroatoms. The molecule has 1 aliphatic rings. The van der Waals surface area contributed by atoms with Crippen molar-refractivity contribution in [1.82, 2.24) is 4.90 Å². The van der Waals surface area contributed by atoms with Gasteiger partial charge in [-0.2, -0.15) is 0 Å². The average Bonchev–Trinajstić information content (AvgIpc) is 2.40. The average molecular weight is 251 g/mol. The molecule has 1 N–H and O–H groups in total. The maximum atomic E-state index is 12.3. The molecular weight excluding hydrogens is 234 g/mol. The Morgan fingerprint density at radius 2 is 1.94 bits per heavy atom. The van der Waals surface area contributed by atoms with E-state index in [0.29, 0.717) is 36.6 Å². The van der Waals surface area contributed by atoms with E-state index >= 15 is 0 Å². The molecule has 18 heavy (non-hydrogen) atoms. The van der Waals surface area contributed by atoms with Gasteiger partial charge in [0.1, 0.15) is 11.5 Å². The van der Waals surface area contributed by atoms with E-state index in [0.717, 1.165) is 5.56 Å². The van der Waals surface area contributed by atoms with Crippen molar-refractivity contribution in [1.29, 1.82) is 0 Å². The quantitative estimate of drug-likeness (QED) is 0.855. The predicted octanol–water partition coefficient (Wildman–Crippen LogP) is 0.694. The van der Waals surface area contributed by atoms with Crippen molar-refractivity contribution in [2.45, 2.75) is 6.42 Å². The number of amides is 1. The van der Waals surface area contributed by atoms with Crippen molar-refractivity contribution in [3.63, 3.8) is 0 Å². The minimum Gasteiger partial charge on any atom is -0.496 e. The van der Waals surface area contributed by atoms with Gasteiger partial charge in [0.15, 0.2) is 0 Å². The van der Waals surface area contributed by atoms with Gasteiger partial charge in [0.05, 0.1) is 26.4 Å². The number of ether oxygens (including phenoxy) is 2. The SMILES string of the molecule is COc1ccc(OC)c2c1CCN(CCO)C2=O. The minimum absolute atomic E-state index is 0.0344. The van der Waals surface area contributed by atoms with Crippen LogP contribution in [0.3, 0.4) is 0 Å². The summed E-state index contributed by atoms with van der Waals surface area (Å²) < 4.78 is 10.5. The highest BCUT2D eigenvalue weighted by molar-refractivity contribution is 6.00. The molecule has 0 spiro atoms. The van der Waals surface area contributed by atoms with E-state index < -0.39 is 0 Å². The molecule has 0 aromatic heterocycles. The lowest BCUT2D eigenvalue weighted by atomic mass is 9.97. The smallest absolute Gasteiger partial charge is 0.258 e. The Hall–Kier alpha value is -1.75. The highest BCUT2D eigenvalue weighted by Crippen LogP contribution is 2.34. The number of methoxy groups -OCH3 is 2. The molecular formula is C13H17NO4. The summed E-state index contributed by atoms with van der Waals surface area (Å²) in [5.41, 5.74) is 1.44. The molecule has 98 valence electrons. The Balaban J connectivity index is 2.47. The summed E-state index contributed by atoms with van der Waals surface area (Å²) in [6.07, 6.45) is 0.710. The van der Waals surface area contributed by atoms with Crippen molar-refractivity contribution in [3.05, 3.63) is 23.3 Å². The number of aliphatic hydroxyl groups excluding tert-OH is 1. The summed E-state index contributed by atoms with van der Waals surface area (Å²) in [7, 11) is 3.13. The van der Waals surface area contributed by atoms with Crippen LogP contribution in [0.5, 0.6) is 11.5 Å². The van der Waals surface area contributed by atoms with E-state index in [9.17, 15) is 4.79 Å². The van der Waals surface area contributed by atoms with Gasteiger partial charge >= 0.3 is 0 Å². The fraction of sp³-hybridized carbons (Fsp3) is 0.462. The van der Waals surface area contributed by atoms with E-state index in [-0.39, 0.29) is 12.5 Å². The number of carbonyl (C=O) groups is 1. The van der Waals surface area contributed by atoms with Crippen LogP contribution in [-0.2, 0) is 6.42 Å². The molecule has 0 unspecified atom stereocenters. The lowest BCUT2D eigenvalue weighted by Gasteiger charge is -2.29. The lowest BCUT2D eigenvalue weighted by Crippen LogP contribution is -2.39. The summed E-state index contributed by atoms with van der Waals surface area (Å²) in [4.78, 5) is 14.0. The van der Waals surface area contributed by atoms with Crippen LogP contribution >= 0.6 is 0 Å². The summed E-state index contributed by atoms with van der Waals surface area (Å²) in [5, 5.41) is 8.96. The minimum atomic E-state index is -0.110. The van der Waals surface area contributed by atoms with Crippen LogP contribution in [0.25, 0.3) is 0 Å². The normalized spacial score (nSPS) is 14.4. The Kier molecular flexibility index (Phi) is 3.72. The zero-order chi connectivity index (χ0) is 13.1. The molecule has 1 aliphatic heterocycles. The lowest BCUT2D eigenvalue weighted by molar-refractivity contribution is 0.0700. The molecule has 5 nitrogen and oxygen atoms in total. The van der Waals surface area contributed by atoms with Gasteiger partial charge < -0.3 is 19.5 Å². The molecule has 0 bridgehead atoms. The second-order valence-corrected chi connectivity index (χ2v) is 4.09. The highest BCUT2D eigenvalue weighted by atomic mass is 16.5. The second-order valence-electron chi connectivity index (χ2n) is 4.09. The molecule has 1 aromatic carbocycles. The van der Waals surface area contributed by atoms with E-state index in [1.807, 2.05) is 6.07 Å². The van der Waals surface area contributed by atoms with Crippen LogP contribution in [0.2, 0.25) is 0 Å². The molecule has 1 amide bonds. The molecule has 0 radical (unpaired) electrons. The van der Waals surface area contributed by atoms with Gasteiger partial charge in [0.2, 0.25) is 0 Å². The molecule has 0 fully saturated rings. The van der Waals surface area contributed by atoms with Gasteiger partial charge in [-0.1, -0.05) is 0 Å². The Labute approximate surface area is 106 Å². The van der Waals surface area contributed by atoms with Gasteiger partial charge in [0, 0.05) is 18.7 Å². The highest BCUT2D eigenvalue weighted by Gasteiger charge is 2.29. The predicted molar refractivity (Wildman–Crippen MR) is 66.2 cm³/mol. The molecule has 1 heterocycles. The fourth-order valence-electron chi connectivity index (χ4n) is 2.29. The number of hydrogen-bond acceptors (Lipinski definition) is 4. The first-order valence-corrected chi connectivity index (χ1v) is 5.87. The van der Waals surface area contributed by atoms with Crippen LogP contribution in [0.1, 0.15) is 15.9 Å². The van der Waals surface area contributed by atoms with E-state index in [1.165, 1.54) is 0 Å². The Morgan fingerprint density at radius 3 is 2.56 bits per heavy atom. The molecule has 0 atom stereocenters. The van der Waals surface area contributed by atoms with Crippen molar-refractivity contribution < 1.29 is 19.4 Å². The van der Waals surface area contributed by atoms with Gasteiger partial charge in [-0.25, -0.2) is 0 Å². The third kappa shape index (κ3) is 2.01. The third-order valence-corrected chi connectivity index (χ3v) is 3.17. The van der Waals surface area contributed by atoms with Crippen LogP contribution in [0.15, 0.2) is 12.1 Å². The number of β-amino-alcohol motifs (C(OH)–C–C–N with tert-alkyl or cyclic N) is 1. The number of aliphatic hydroxyl groups is 1. The number of fused-ring (bicyclic) bond motifs is 1. The van der Waals surface area contributed by atoms with Crippen LogP contribution < -0.4 is 9.47 Å². The molecule has 1 aromatic rings. The zero-order valence-electron chi connectivity index (χ0n) is 10.6.